The molecule has 0 amide bonds. The lowest BCUT2D eigenvalue weighted by Gasteiger charge is -2.18. The molecule has 0 fully saturated rings. The summed E-state index contributed by atoms with van der Waals surface area (Å²) >= 11 is 0. The molecule has 16 heavy (non-hydrogen) atoms. The predicted molar refractivity (Wildman–Crippen MR) is 68.4 cm³/mol. The molecule has 0 aliphatic carbocycles. The fraction of sp³-hybridized carbons (Fsp3) is 0.769. The third-order valence-electron chi connectivity index (χ3n) is 2.94. The van der Waals surface area contributed by atoms with Crippen molar-refractivity contribution in [1.29, 1.82) is 0 Å². The Bertz CT molecular complexity index is 291. The molecule has 1 N–H and O–H groups in total. The first-order valence-electron chi connectivity index (χ1n) is 6.33. The van der Waals surface area contributed by atoms with E-state index in [0.717, 1.165) is 18.9 Å². The number of aromatic nitrogens is 2. The van der Waals surface area contributed by atoms with E-state index in [1.165, 1.54) is 18.7 Å². The van der Waals surface area contributed by atoms with Gasteiger partial charge in [0.1, 0.15) is 5.82 Å². The van der Waals surface area contributed by atoms with Gasteiger partial charge in [0.2, 0.25) is 0 Å². The summed E-state index contributed by atoms with van der Waals surface area (Å²) in [6, 6.07) is 0.563. The Hall–Kier alpha value is -0.830. The highest BCUT2D eigenvalue weighted by Crippen LogP contribution is 2.10. The van der Waals surface area contributed by atoms with Gasteiger partial charge in [-0.15, -0.1) is 0 Å². The Morgan fingerprint density at radius 1 is 1.38 bits per heavy atom. The van der Waals surface area contributed by atoms with E-state index < -0.39 is 0 Å². The first-order chi connectivity index (χ1) is 7.63. The van der Waals surface area contributed by atoms with Crippen LogP contribution >= 0.6 is 0 Å². The molecule has 0 aliphatic rings. The molecule has 1 rings (SSSR count). The maximum absolute atomic E-state index is 4.39. The lowest BCUT2D eigenvalue weighted by molar-refractivity contribution is 0.426. The molecule has 1 aromatic heterocycles. The Labute approximate surface area is 99.3 Å². The van der Waals surface area contributed by atoms with Gasteiger partial charge in [-0.3, -0.25) is 0 Å². The van der Waals surface area contributed by atoms with Gasteiger partial charge in [-0.1, -0.05) is 20.8 Å². The average molecular weight is 223 g/mol. The number of nitrogens with one attached hydrogen (secondary N) is 1. The van der Waals surface area contributed by atoms with Crippen LogP contribution < -0.4 is 5.32 Å². The molecular formula is C13H25N3. The van der Waals surface area contributed by atoms with Crippen molar-refractivity contribution in [3.05, 3.63) is 18.2 Å². The van der Waals surface area contributed by atoms with Crippen LogP contribution in [0.15, 0.2) is 12.4 Å². The number of aryl methyl sites for hydroxylation is 1. The van der Waals surface area contributed by atoms with Crippen molar-refractivity contribution in [1.82, 2.24) is 14.9 Å². The maximum atomic E-state index is 4.39. The summed E-state index contributed by atoms with van der Waals surface area (Å²) in [5.41, 5.74) is 0. The third-order valence-corrected chi connectivity index (χ3v) is 2.94. The van der Waals surface area contributed by atoms with E-state index in [-0.39, 0.29) is 0 Å². The van der Waals surface area contributed by atoms with Gasteiger partial charge >= 0.3 is 0 Å². The number of hydrogen-bond donors (Lipinski definition) is 1. The normalized spacial score (nSPS) is 13.3. The zero-order valence-electron chi connectivity index (χ0n) is 11.0. The second-order valence-electron chi connectivity index (χ2n) is 4.88. The van der Waals surface area contributed by atoms with Crippen molar-refractivity contribution in [2.75, 3.05) is 6.54 Å². The van der Waals surface area contributed by atoms with Crippen molar-refractivity contribution < 1.29 is 0 Å². The van der Waals surface area contributed by atoms with Crippen LogP contribution in [0.25, 0.3) is 0 Å². The van der Waals surface area contributed by atoms with Gasteiger partial charge in [0.25, 0.3) is 0 Å². The van der Waals surface area contributed by atoms with E-state index in [1.807, 2.05) is 12.4 Å². The maximum Gasteiger partial charge on any atom is 0.109 e. The lowest BCUT2D eigenvalue weighted by atomic mass is 10.0. The quantitative estimate of drug-likeness (QED) is 0.769. The SMILES string of the molecule is CCNC(CCC(C)C)Cc1nccn1C. The van der Waals surface area contributed by atoms with E-state index in [9.17, 15) is 0 Å². The zero-order valence-corrected chi connectivity index (χ0v) is 11.0. The molecule has 92 valence electrons. The molecule has 0 aliphatic heterocycles. The summed E-state index contributed by atoms with van der Waals surface area (Å²) in [5.74, 6) is 1.96. The average Bonchev–Trinajstić information content (AvgIpc) is 2.61. The van der Waals surface area contributed by atoms with Crippen LogP contribution in [0.5, 0.6) is 0 Å². The van der Waals surface area contributed by atoms with Crippen LogP contribution in [0.4, 0.5) is 0 Å². The van der Waals surface area contributed by atoms with E-state index >= 15 is 0 Å². The smallest absolute Gasteiger partial charge is 0.109 e. The summed E-state index contributed by atoms with van der Waals surface area (Å²) in [6.45, 7) is 7.77. The topological polar surface area (TPSA) is 29.9 Å². The molecule has 1 atom stereocenters. The van der Waals surface area contributed by atoms with Gasteiger partial charge in [0.05, 0.1) is 0 Å². The summed E-state index contributed by atoms with van der Waals surface area (Å²) in [5, 5.41) is 3.55. The fourth-order valence-electron chi connectivity index (χ4n) is 1.91. The highest BCUT2D eigenvalue weighted by atomic mass is 15.0. The molecule has 1 aromatic rings. The molecule has 3 heteroatoms. The zero-order chi connectivity index (χ0) is 12.0. The van der Waals surface area contributed by atoms with Crippen LogP contribution in [0.3, 0.4) is 0 Å². The second kappa shape index (κ2) is 6.69. The Morgan fingerprint density at radius 3 is 2.62 bits per heavy atom. The van der Waals surface area contributed by atoms with Gasteiger partial charge in [0.15, 0.2) is 0 Å². The predicted octanol–water partition coefficient (Wildman–Crippen LogP) is 2.38. The van der Waals surface area contributed by atoms with Gasteiger partial charge < -0.3 is 9.88 Å². The van der Waals surface area contributed by atoms with Crippen molar-refractivity contribution in [3.8, 4) is 0 Å². The first kappa shape index (κ1) is 13.2. The third kappa shape index (κ3) is 4.35. The minimum absolute atomic E-state index is 0.563. The van der Waals surface area contributed by atoms with Crippen LogP contribution in [-0.2, 0) is 13.5 Å². The standard InChI is InChI=1S/C13H25N3/c1-5-14-12(7-6-11(2)3)10-13-15-8-9-16(13)4/h8-9,11-12,14H,5-7,10H2,1-4H3. The first-order valence-corrected chi connectivity index (χ1v) is 6.33. The van der Waals surface area contributed by atoms with Gasteiger partial charge in [0, 0.05) is 31.9 Å². The van der Waals surface area contributed by atoms with Gasteiger partial charge in [-0.2, -0.15) is 0 Å². The monoisotopic (exact) mass is 223 g/mol. The highest BCUT2D eigenvalue weighted by Gasteiger charge is 2.11. The molecule has 0 bridgehead atoms. The highest BCUT2D eigenvalue weighted by molar-refractivity contribution is 4.94. The number of nitrogens with zero attached hydrogens (tertiary/aromatic N) is 2. The molecule has 0 radical (unpaired) electrons. The molecular weight excluding hydrogens is 198 g/mol. The minimum atomic E-state index is 0.563. The van der Waals surface area contributed by atoms with Gasteiger partial charge in [-0.05, 0) is 25.3 Å². The summed E-state index contributed by atoms with van der Waals surface area (Å²) in [4.78, 5) is 4.39. The van der Waals surface area contributed by atoms with Crippen molar-refractivity contribution >= 4 is 0 Å². The Morgan fingerprint density at radius 2 is 2.12 bits per heavy atom. The second-order valence-corrected chi connectivity index (χ2v) is 4.88. The van der Waals surface area contributed by atoms with E-state index in [2.05, 4.69) is 42.7 Å². The fourth-order valence-corrected chi connectivity index (χ4v) is 1.91. The number of likely N-dealkylation sites (N-methyl/N-ethyl adjacent to an activating group) is 1. The minimum Gasteiger partial charge on any atom is -0.338 e. The van der Waals surface area contributed by atoms with Crippen molar-refractivity contribution in [2.45, 2.75) is 46.1 Å². The van der Waals surface area contributed by atoms with Gasteiger partial charge in [-0.25, -0.2) is 4.98 Å². The van der Waals surface area contributed by atoms with Crippen LogP contribution in [0, 0.1) is 5.92 Å². The van der Waals surface area contributed by atoms with E-state index in [1.54, 1.807) is 0 Å². The van der Waals surface area contributed by atoms with Crippen molar-refractivity contribution in [3.63, 3.8) is 0 Å². The molecule has 0 aromatic carbocycles. The number of imidazole rings is 1. The number of hydrogen-bond acceptors (Lipinski definition) is 2. The van der Waals surface area contributed by atoms with Crippen molar-refractivity contribution in [2.24, 2.45) is 13.0 Å². The molecule has 0 spiro atoms. The number of rotatable bonds is 7. The van der Waals surface area contributed by atoms with Crippen LogP contribution in [0.2, 0.25) is 0 Å². The Balaban J connectivity index is 2.47. The molecule has 0 saturated heterocycles. The lowest BCUT2D eigenvalue weighted by Crippen LogP contribution is -2.32. The van der Waals surface area contributed by atoms with E-state index in [0.29, 0.717) is 6.04 Å². The largest absolute Gasteiger partial charge is 0.338 e. The summed E-state index contributed by atoms with van der Waals surface area (Å²) in [7, 11) is 2.06. The molecule has 0 saturated carbocycles. The van der Waals surface area contributed by atoms with Crippen LogP contribution in [-0.4, -0.2) is 22.1 Å². The summed E-state index contributed by atoms with van der Waals surface area (Å²) in [6.07, 6.45) is 7.44. The molecule has 1 unspecified atom stereocenters. The summed E-state index contributed by atoms with van der Waals surface area (Å²) < 4.78 is 2.11. The molecule has 1 heterocycles. The molecule has 3 nitrogen and oxygen atoms in total. The van der Waals surface area contributed by atoms with E-state index in [4.69, 9.17) is 0 Å². The van der Waals surface area contributed by atoms with Crippen LogP contribution in [0.1, 0.15) is 39.4 Å². The Kier molecular flexibility index (Phi) is 5.53.